The van der Waals surface area contributed by atoms with Crippen LogP contribution >= 0.6 is 11.7 Å². The van der Waals surface area contributed by atoms with Gasteiger partial charge in [0.05, 0.1) is 11.7 Å². The predicted molar refractivity (Wildman–Crippen MR) is 108 cm³/mol. The van der Waals surface area contributed by atoms with E-state index in [0.717, 1.165) is 16.0 Å². The first-order chi connectivity index (χ1) is 13.6. The van der Waals surface area contributed by atoms with Gasteiger partial charge >= 0.3 is 5.97 Å². The van der Waals surface area contributed by atoms with Gasteiger partial charge in [0.15, 0.2) is 6.61 Å². The van der Waals surface area contributed by atoms with E-state index in [4.69, 9.17) is 4.74 Å². The highest BCUT2D eigenvalue weighted by atomic mass is 32.2. The molecule has 2 heterocycles. The summed E-state index contributed by atoms with van der Waals surface area (Å²) in [6, 6.07) is 3.78. The third-order valence-electron chi connectivity index (χ3n) is 4.42. The number of amides is 1. The van der Waals surface area contributed by atoms with Gasteiger partial charge in [-0.25, -0.2) is 8.42 Å². The van der Waals surface area contributed by atoms with Crippen molar-refractivity contribution in [3.05, 3.63) is 18.2 Å². The fraction of sp³-hybridized carbons (Fsp3) is 0.556. The molecule has 158 valence electrons. The highest BCUT2D eigenvalue weighted by Gasteiger charge is 2.39. The van der Waals surface area contributed by atoms with Crippen molar-refractivity contribution in [2.75, 3.05) is 13.2 Å². The van der Waals surface area contributed by atoms with Crippen molar-refractivity contribution in [2.45, 2.75) is 56.5 Å². The number of nitrogens with zero attached hydrogens (tertiary/aromatic N) is 3. The number of ether oxygens (including phenoxy) is 1. The summed E-state index contributed by atoms with van der Waals surface area (Å²) < 4.78 is 41.1. The molecule has 0 radical (unpaired) electrons. The zero-order valence-corrected chi connectivity index (χ0v) is 18.2. The number of hydrogen-bond donors (Lipinski definition) is 1. The van der Waals surface area contributed by atoms with Crippen LogP contribution in [0.25, 0.3) is 11.0 Å². The number of carbonyl (C=O) groups excluding carboxylic acids is 2. The highest BCUT2D eigenvalue weighted by Crippen LogP contribution is 2.29. The number of benzene rings is 1. The van der Waals surface area contributed by atoms with E-state index in [1.54, 1.807) is 12.1 Å². The van der Waals surface area contributed by atoms with Gasteiger partial charge in [-0.05, 0) is 52.2 Å². The van der Waals surface area contributed by atoms with Crippen molar-refractivity contribution in [1.29, 1.82) is 0 Å². The van der Waals surface area contributed by atoms with Gasteiger partial charge in [-0.2, -0.15) is 13.1 Å². The Hall–Kier alpha value is -2.11. The SMILES string of the molecule is CC(C)(C)NC(=O)COC(=O)[C@@H]1CCCCN1S(=O)(=O)c1cccc2nsnc12. The molecule has 1 fully saturated rings. The lowest BCUT2D eigenvalue weighted by atomic mass is 10.1. The van der Waals surface area contributed by atoms with Crippen LogP contribution in [0.3, 0.4) is 0 Å². The molecular formula is C18H24N4O5S2. The van der Waals surface area contributed by atoms with E-state index < -0.39 is 40.1 Å². The Morgan fingerprint density at radius 1 is 1.28 bits per heavy atom. The van der Waals surface area contributed by atoms with Gasteiger partial charge in [-0.1, -0.05) is 6.07 Å². The standard InChI is InChI=1S/C18H24N4O5S2/c1-18(2,3)19-15(23)11-27-17(24)13-8-4-5-10-22(13)29(25,26)14-9-6-7-12-16(14)21-28-20-12/h6-7,9,13H,4-5,8,10-11H2,1-3H3,(H,19,23)/t13-/m0/s1. The fourth-order valence-corrected chi connectivity index (χ4v) is 5.63. The molecule has 1 aliphatic rings. The van der Waals surface area contributed by atoms with Crippen molar-refractivity contribution < 1.29 is 22.7 Å². The van der Waals surface area contributed by atoms with Gasteiger partial charge in [-0.15, -0.1) is 0 Å². The Balaban J connectivity index is 1.79. The summed E-state index contributed by atoms with van der Waals surface area (Å²) in [6.07, 6.45) is 1.67. The lowest BCUT2D eigenvalue weighted by molar-refractivity contribution is -0.153. The molecule has 0 spiro atoms. The van der Waals surface area contributed by atoms with Crippen LogP contribution in [0, 0.1) is 0 Å². The normalized spacial score (nSPS) is 18.5. The number of aromatic nitrogens is 2. The molecule has 1 atom stereocenters. The molecule has 3 rings (SSSR count). The maximum Gasteiger partial charge on any atom is 0.324 e. The molecule has 2 aromatic rings. The number of carbonyl (C=O) groups is 2. The molecule has 9 nitrogen and oxygen atoms in total. The third kappa shape index (κ3) is 4.90. The minimum Gasteiger partial charge on any atom is -0.454 e. The van der Waals surface area contributed by atoms with Gasteiger partial charge in [0.2, 0.25) is 10.0 Å². The maximum atomic E-state index is 13.3. The summed E-state index contributed by atoms with van der Waals surface area (Å²) in [5, 5.41) is 2.70. The van der Waals surface area contributed by atoms with E-state index >= 15 is 0 Å². The second-order valence-electron chi connectivity index (χ2n) is 7.92. The van der Waals surface area contributed by atoms with Crippen LogP contribution in [0.1, 0.15) is 40.0 Å². The molecule has 0 bridgehead atoms. The molecule has 1 N–H and O–H groups in total. The summed E-state index contributed by atoms with van der Waals surface area (Å²) >= 11 is 0.934. The van der Waals surface area contributed by atoms with E-state index in [0.29, 0.717) is 30.3 Å². The second-order valence-corrected chi connectivity index (χ2v) is 10.3. The molecule has 1 aromatic heterocycles. The number of rotatable bonds is 5. The van der Waals surface area contributed by atoms with E-state index in [2.05, 4.69) is 14.1 Å². The molecule has 0 saturated carbocycles. The monoisotopic (exact) mass is 440 g/mol. The third-order valence-corrected chi connectivity index (χ3v) is 6.90. The fourth-order valence-electron chi connectivity index (χ4n) is 3.23. The Morgan fingerprint density at radius 3 is 2.76 bits per heavy atom. The van der Waals surface area contributed by atoms with E-state index in [-0.39, 0.29) is 11.4 Å². The number of piperidine rings is 1. The topological polar surface area (TPSA) is 119 Å². The number of fused-ring (bicyclic) bond motifs is 1. The molecule has 11 heteroatoms. The average molecular weight is 441 g/mol. The molecule has 1 saturated heterocycles. The summed E-state index contributed by atoms with van der Waals surface area (Å²) in [7, 11) is -3.98. The largest absolute Gasteiger partial charge is 0.454 e. The Bertz CT molecular complexity index is 1010. The van der Waals surface area contributed by atoms with Crippen molar-refractivity contribution >= 4 is 44.7 Å². The zero-order chi connectivity index (χ0) is 21.2. The van der Waals surface area contributed by atoms with Crippen LogP contribution in [-0.4, -0.2) is 58.1 Å². The molecule has 1 amide bonds. The van der Waals surface area contributed by atoms with Gasteiger partial charge < -0.3 is 10.1 Å². The molecule has 0 unspecified atom stereocenters. The number of hydrogen-bond acceptors (Lipinski definition) is 8. The summed E-state index contributed by atoms with van der Waals surface area (Å²) in [6.45, 7) is 5.19. The molecule has 29 heavy (non-hydrogen) atoms. The Labute approximate surface area is 173 Å². The van der Waals surface area contributed by atoms with Gasteiger partial charge in [-0.3, -0.25) is 9.59 Å². The van der Waals surface area contributed by atoms with Crippen LogP contribution in [0.4, 0.5) is 0 Å². The minimum absolute atomic E-state index is 0.0222. The molecule has 0 aliphatic carbocycles. The van der Waals surface area contributed by atoms with Crippen LogP contribution in [0.15, 0.2) is 23.1 Å². The van der Waals surface area contributed by atoms with Crippen LogP contribution in [0.5, 0.6) is 0 Å². The van der Waals surface area contributed by atoms with Crippen molar-refractivity contribution in [2.24, 2.45) is 0 Å². The van der Waals surface area contributed by atoms with Crippen molar-refractivity contribution in [3.8, 4) is 0 Å². The van der Waals surface area contributed by atoms with Crippen LogP contribution in [0.2, 0.25) is 0 Å². The average Bonchev–Trinajstić information content (AvgIpc) is 3.13. The maximum absolute atomic E-state index is 13.3. The Morgan fingerprint density at radius 2 is 2.03 bits per heavy atom. The van der Waals surface area contributed by atoms with E-state index in [1.165, 1.54) is 6.07 Å². The van der Waals surface area contributed by atoms with Gasteiger partial charge in [0, 0.05) is 12.1 Å². The quantitative estimate of drug-likeness (QED) is 0.703. The first-order valence-electron chi connectivity index (χ1n) is 9.30. The smallest absolute Gasteiger partial charge is 0.324 e. The Kier molecular flexibility index (Phi) is 6.20. The first kappa shape index (κ1) is 21.6. The van der Waals surface area contributed by atoms with Crippen molar-refractivity contribution in [1.82, 2.24) is 18.4 Å². The predicted octanol–water partition coefficient (Wildman–Crippen LogP) is 1.69. The number of sulfonamides is 1. The number of nitrogens with one attached hydrogen (secondary N) is 1. The van der Waals surface area contributed by atoms with E-state index in [1.807, 2.05) is 20.8 Å². The summed E-state index contributed by atoms with van der Waals surface area (Å²) in [4.78, 5) is 24.6. The minimum atomic E-state index is -3.98. The lowest BCUT2D eigenvalue weighted by Crippen LogP contribution is -2.49. The molecule has 1 aromatic carbocycles. The molecule has 1 aliphatic heterocycles. The van der Waals surface area contributed by atoms with Crippen molar-refractivity contribution in [3.63, 3.8) is 0 Å². The summed E-state index contributed by atoms with van der Waals surface area (Å²) in [5.74, 6) is -1.16. The zero-order valence-electron chi connectivity index (χ0n) is 16.5. The molecular weight excluding hydrogens is 416 g/mol. The van der Waals surface area contributed by atoms with Gasteiger partial charge in [0.25, 0.3) is 5.91 Å². The second kappa shape index (κ2) is 8.33. The van der Waals surface area contributed by atoms with E-state index in [9.17, 15) is 18.0 Å². The van der Waals surface area contributed by atoms with Gasteiger partial charge in [0.1, 0.15) is 22.0 Å². The van der Waals surface area contributed by atoms with Crippen LogP contribution < -0.4 is 5.32 Å². The lowest BCUT2D eigenvalue weighted by Gasteiger charge is -2.33. The summed E-state index contributed by atoms with van der Waals surface area (Å²) in [5.41, 5.74) is 0.329. The number of esters is 1. The van der Waals surface area contributed by atoms with Crippen LogP contribution in [-0.2, 0) is 24.3 Å². The first-order valence-corrected chi connectivity index (χ1v) is 11.5. The highest BCUT2D eigenvalue weighted by molar-refractivity contribution is 7.89.